The molecule has 0 amide bonds. The topological polar surface area (TPSA) is 23.6 Å². The van der Waals surface area contributed by atoms with Crippen LogP contribution in [0.25, 0.3) is 0 Å². The van der Waals surface area contributed by atoms with Gasteiger partial charge < -0.3 is 4.90 Å². The number of halogens is 2. The number of carbonyl (C=O) groups is 1. The number of hydrogen-bond donors (Lipinski definition) is 0. The fraction of sp³-hybridized carbons (Fsp3) is 0.533. The number of ketones is 1. The predicted octanol–water partition coefficient (Wildman–Crippen LogP) is 2.17. The van der Waals surface area contributed by atoms with Crippen LogP contribution in [-0.2, 0) is 0 Å². The van der Waals surface area contributed by atoms with Gasteiger partial charge in [0.05, 0.1) is 12.1 Å². The summed E-state index contributed by atoms with van der Waals surface area (Å²) in [5.41, 5.74) is -0.0313. The van der Waals surface area contributed by atoms with Crippen LogP contribution in [0.2, 0.25) is 0 Å². The Balaban J connectivity index is 2.06. The molecule has 20 heavy (non-hydrogen) atoms. The van der Waals surface area contributed by atoms with Gasteiger partial charge in [0.1, 0.15) is 11.6 Å². The zero-order valence-corrected chi connectivity index (χ0v) is 11.9. The van der Waals surface area contributed by atoms with E-state index in [1.807, 2.05) is 0 Å². The average Bonchev–Trinajstić information content (AvgIpc) is 2.51. The third-order valence-electron chi connectivity index (χ3n) is 3.76. The minimum Gasteiger partial charge on any atom is -0.305 e. The highest BCUT2D eigenvalue weighted by molar-refractivity contribution is 5.97. The normalized spacial score (nSPS) is 21.7. The molecule has 0 aliphatic carbocycles. The number of benzene rings is 1. The highest BCUT2D eigenvalue weighted by Gasteiger charge is 2.23. The van der Waals surface area contributed by atoms with Crippen molar-refractivity contribution in [2.45, 2.75) is 19.4 Å². The Morgan fingerprint density at radius 2 is 2.10 bits per heavy atom. The fourth-order valence-electron chi connectivity index (χ4n) is 2.64. The quantitative estimate of drug-likeness (QED) is 0.794. The molecule has 1 heterocycles. The number of nitrogens with zero attached hydrogens (tertiary/aromatic N) is 2. The van der Waals surface area contributed by atoms with E-state index >= 15 is 0 Å². The molecule has 1 fully saturated rings. The Hall–Kier alpha value is -1.33. The van der Waals surface area contributed by atoms with E-state index in [1.165, 1.54) is 6.07 Å². The summed E-state index contributed by atoms with van der Waals surface area (Å²) in [6.07, 6.45) is 0.986. The SMILES string of the molecule is CC1CN(C)CCCN1CC(=O)c1ccc(F)cc1F. The summed E-state index contributed by atoms with van der Waals surface area (Å²) in [6, 6.07) is 3.35. The second-order valence-corrected chi connectivity index (χ2v) is 5.48. The fourth-order valence-corrected chi connectivity index (χ4v) is 2.64. The van der Waals surface area contributed by atoms with E-state index in [9.17, 15) is 13.6 Å². The predicted molar refractivity (Wildman–Crippen MR) is 73.8 cm³/mol. The lowest BCUT2D eigenvalue weighted by Gasteiger charge is -2.27. The van der Waals surface area contributed by atoms with E-state index in [0.29, 0.717) is 0 Å². The zero-order valence-electron chi connectivity index (χ0n) is 11.9. The molecule has 0 radical (unpaired) electrons. The van der Waals surface area contributed by atoms with Crippen molar-refractivity contribution in [2.75, 3.05) is 33.2 Å². The molecule has 110 valence electrons. The average molecular weight is 282 g/mol. The van der Waals surface area contributed by atoms with Crippen molar-refractivity contribution in [1.29, 1.82) is 0 Å². The van der Waals surface area contributed by atoms with Crippen molar-refractivity contribution >= 4 is 5.78 Å². The lowest BCUT2D eigenvalue weighted by atomic mass is 10.1. The molecule has 1 aliphatic heterocycles. The van der Waals surface area contributed by atoms with E-state index in [1.54, 1.807) is 0 Å². The molecule has 1 unspecified atom stereocenters. The molecule has 0 bridgehead atoms. The standard InChI is InChI=1S/C15H20F2N2O/c1-11-9-18(2)6-3-7-19(11)10-15(20)13-5-4-12(16)8-14(13)17/h4-5,8,11H,3,6-7,9-10H2,1-2H3. The molecule has 0 aromatic heterocycles. The van der Waals surface area contributed by atoms with Gasteiger partial charge >= 0.3 is 0 Å². The maximum Gasteiger partial charge on any atom is 0.179 e. The van der Waals surface area contributed by atoms with Gasteiger partial charge in [0.2, 0.25) is 0 Å². The van der Waals surface area contributed by atoms with Crippen molar-refractivity contribution in [1.82, 2.24) is 9.80 Å². The lowest BCUT2D eigenvalue weighted by Crippen LogP contribution is -2.41. The Morgan fingerprint density at radius 1 is 1.35 bits per heavy atom. The smallest absolute Gasteiger partial charge is 0.179 e. The first kappa shape index (κ1) is 15.1. The molecular weight excluding hydrogens is 262 g/mol. The van der Waals surface area contributed by atoms with Crippen LogP contribution in [0.1, 0.15) is 23.7 Å². The van der Waals surface area contributed by atoms with Gasteiger partial charge in [-0.2, -0.15) is 0 Å². The van der Waals surface area contributed by atoms with Gasteiger partial charge in [-0.1, -0.05) is 0 Å². The lowest BCUT2D eigenvalue weighted by molar-refractivity contribution is 0.0896. The summed E-state index contributed by atoms with van der Waals surface area (Å²) < 4.78 is 26.5. The van der Waals surface area contributed by atoms with Gasteiger partial charge in [-0.25, -0.2) is 8.78 Å². The Kier molecular flexibility index (Phi) is 4.83. The van der Waals surface area contributed by atoms with Gasteiger partial charge in [-0.05, 0) is 39.1 Å². The van der Waals surface area contributed by atoms with Crippen molar-refractivity contribution in [3.8, 4) is 0 Å². The largest absolute Gasteiger partial charge is 0.305 e. The van der Waals surface area contributed by atoms with Crippen LogP contribution < -0.4 is 0 Å². The number of hydrogen-bond acceptors (Lipinski definition) is 3. The highest BCUT2D eigenvalue weighted by Crippen LogP contribution is 2.14. The summed E-state index contributed by atoms with van der Waals surface area (Å²) in [6.45, 7) is 4.95. The van der Waals surface area contributed by atoms with Crippen LogP contribution in [0.5, 0.6) is 0 Å². The molecule has 1 aliphatic rings. The van der Waals surface area contributed by atoms with Crippen LogP contribution in [-0.4, -0.2) is 54.9 Å². The van der Waals surface area contributed by atoms with Gasteiger partial charge in [0.25, 0.3) is 0 Å². The van der Waals surface area contributed by atoms with Crippen LogP contribution in [0.4, 0.5) is 8.78 Å². The van der Waals surface area contributed by atoms with Crippen molar-refractivity contribution in [3.63, 3.8) is 0 Å². The minimum atomic E-state index is -0.783. The maximum atomic E-state index is 13.6. The molecule has 5 heteroatoms. The van der Waals surface area contributed by atoms with Crippen LogP contribution in [0.3, 0.4) is 0 Å². The second kappa shape index (κ2) is 6.41. The van der Waals surface area contributed by atoms with Crippen LogP contribution >= 0.6 is 0 Å². The number of Topliss-reactive ketones (excluding diaryl/α,β-unsaturated/α-hetero) is 1. The highest BCUT2D eigenvalue weighted by atomic mass is 19.1. The number of likely N-dealkylation sites (N-methyl/N-ethyl adjacent to an activating group) is 1. The van der Waals surface area contributed by atoms with Crippen molar-refractivity contribution in [2.24, 2.45) is 0 Å². The van der Waals surface area contributed by atoms with Crippen molar-refractivity contribution in [3.05, 3.63) is 35.4 Å². The monoisotopic (exact) mass is 282 g/mol. The summed E-state index contributed by atoms with van der Waals surface area (Å²) in [4.78, 5) is 16.5. The second-order valence-electron chi connectivity index (χ2n) is 5.48. The molecule has 3 nitrogen and oxygen atoms in total. The first-order valence-corrected chi connectivity index (χ1v) is 6.88. The van der Waals surface area contributed by atoms with E-state index in [0.717, 1.165) is 38.2 Å². The summed E-state index contributed by atoms with van der Waals surface area (Å²) in [5.74, 6) is -1.74. The summed E-state index contributed by atoms with van der Waals surface area (Å²) >= 11 is 0. The molecule has 1 saturated heterocycles. The molecule has 0 N–H and O–H groups in total. The third kappa shape index (κ3) is 3.61. The van der Waals surface area contributed by atoms with Gasteiger partial charge in [-0.15, -0.1) is 0 Å². The van der Waals surface area contributed by atoms with Gasteiger partial charge in [-0.3, -0.25) is 9.69 Å². The minimum absolute atomic E-state index is 0.0313. The first-order chi connectivity index (χ1) is 9.47. The van der Waals surface area contributed by atoms with Crippen molar-refractivity contribution < 1.29 is 13.6 Å². The molecular formula is C15H20F2N2O. The molecule has 1 aromatic rings. The third-order valence-corrected chi connectivity index (χ3v) is 3.76. The number of rotatable bonds is 3. The molecule has 1 atom stereocenters. The number of carbonyl (C=O) groups excluding carboxylic acids is 1. The van der Waals surface area contributed by atoms with E-state index in [4.69, 9.17) is 0 Å². The summed E-state index contributed by atoms with van der Waals surface area (Å²) in [7, 11) is 2.06. The summed E-state index contributed by atoms with van der Waals surface area (Å²) in [5, 5.41) is 0. The van der Waals surface area contributed by atoms with Gasteiger partial charge in [0, 0.05) is 25.2 Å². The Morgan fingerprint density at radius 3 is 2.80 bits per heavy atom. The van der Waals surface area contributed by atoms with E-state index < -0.39 is 11.6 Å². The van der Waals surface area contributed by atoms with E-state index in [-0.39, 0.29) is 23.9 Å². The maximum absolute atomic E-state index is 13.6. The molecule has 2 rings (SSSR count). The van der Waals surface area contributed by atoms with Crippen LogP contribution in [0, 0.1) is 11.6 Å². The Bertz CT molecular complexity index is 493. The first-order valence-electron chi connectivity index (χ1n) is 6.88. The van der Waals surface area contributed by atoms with Crippen LogP contribution in [0.15, 0.2) is 18.2 Å². The Labute approximate surface area is 118 Å². The van der Waals surface area contributed by atoms with Gasteiger partial charge in [0.15, 0.2) is 5.78 Å². The molecule has 0 spiro atoms. The molecule has 0 saturated carbocycles. The molecule has 1 aromatic carbocycles. The van der Waals surface area contributed by atoms with E-state index in [2.05, 4.69) is 23.8 Å². The zero-order chi connectivity index (χ0) is 14.7.